The zero-order valence-electron chi connectivity index (χ0n) is 10.9. The minimum absolute atomic E-state index is 0.104. The highest BCUT2D eigenvalue weighted by atomic mass is 16.6. The van der Waals surface area contributed by atoms with Crippen LogP contribution >= 0.6 is 0 Å². The first kappa shape index (κ1) is 14.7. The molecule has 0 saturated heterocycles. The Morgan fingerprint density at radius 3 is 2.53 bits per heavy atom. The second-order valence-electron chi connectivity index (χ2n) is 4.25. The number of nitrogens with zero attached hydrogens (tertiary/aromatic N) is 1. The molecular weight excluding hydrogens is 250 g/mol. The lowest BCUT2D eigenvalue weighted by Gasteiger charge is -2.07. The molecule has 0 aliphatic rings. The molecule has 1 aromatic carbocycles. The van der Waals surface area contributed by atoms with Crippen molar-refractivity contribution in [2.75, 3.05) is 7.11 Å². The van der Waals surface area contributed by atoms with E-state index in [4.69, 9.17) is 9.84 Å². The predicted octanol–water partition coefficient (Wildman–Crippen LogP) is 2.73. The van der Waals surface area contributed by atoms with Crippen LogP contribution in [-0.4, -0.2) is 23.1 Å². The molecule has 0 atom stereocenters. The fourth-order valence-corrected chi connectivity index (χ4v) is 1.59. The van der Waals surface area contributed by atoms with E-state index in [0.29, 0.717) is 5.56 Å². The van der Waals surface area contributed by atoms with E-state index in [0.717, 1.165) is 0 Å². The van der Waals surface area contributed by atoms with Gasteiger partial charge in [0.05, 0.1) is 12.0 Å². The molecular formula is C13H15NO5. The van der Waals surface area contributed by atoms with Gasteiger partial charge in [-0.3, -0.25) is 10.1 Å². The van der Waals surface area contributed by atoms with Crippen LogP contribution in [0.3, 0.4) is 0 Å². The normalized spacial score (nSPS) is 11.5. The van der Waals surface area contributed by atoms with E-state index in [1.54, 1.807) is 13.8 Å². The molecule has 19 heavy (non-hydrogen) atoms. The minimum atomic E-state index is -1.01. The monoisotopic (exact) mass is 265 g/mol. The Bertz CT molecular complexity index is 534. The number of aliphatic carboxylic acids is 1. The summed E-state index contributed by atoms with van der Waals surface area (Å²) < 4.78 is 4.93. The highest BCUT2D eigenvalue weighted by Crippen LogP contribution is 2.28. The number of carboxylic acid groups (broad SMARTS) is 1. The molecule has 0 unspecified atom stereocenters. The van der Waals surface area contributed by atoms with Gasteiger partial charge in [0.15, 0.2) is 5.75 Å². The average molecular weight is 265 g/mol. The second-order valence-corrected chi connectivity index (χ2v) is 4.25. The second kappa shape index (κ2) is 5.99. The standard InChI is InChI=1S/C13H15NO5/c1-8(2)10(13(15)16)6-9-4-5-11(14(17)18)12(7-9)19-3/h4-8H,1-3H3,(H,15,16). The van der Waals surface area contributed by atoms with Gasteiger partial charge in [-0.1, -0.05) is 13.8 Å². The largest absolute Gasteiger partial charge is 0.490 e. The van der Waals surface area contributed by atoms with Gasteiger partial charge < -0.3 is 9.84 Å². The Hall–Kier alpha value is -2.37. The van der Waals surface area contributed by atoms with E-state index in [-0.39, 0.29) is 22.9 Å². The molecule has 1 aromatic rings. The van der Waals surface area contributed by atoms with Crippen molar-refractivity contribution < 1.29 is 19.6 Å². The Morgan fingerprint density at radius 2 is 2.11 bits per heavy atom. The highest BCUT2D eigenvalue weighted by Gasteiger charge is 2.16. The number of methoxy groups -OCH3 is 1. The van der Waals surface area contributed by atoms with Crippen molar-refractivity contribution in [1.29, 1.82) is 0 Å². The van der Waals surface area contributed by atoms with Gasteiger partial charge in [-0.05, 0) is 29.7 Å². The van der Waals surface area contributed by atoms with Crippen LogP contribution in [0.25, 0.3) is 6.08 Å². The summed E-state index contributed by atoms with van der Waals surface area (Å²) in [6.45, 7) is 3.53. The van der Waals surface area contributed by atoms with Gasteiger partial charge >= 0.3 is 11.7 Å². The molecule has 6 nitrogen and oxygen atoms in total. The van der Waals surface area contributed by atoms with E-state index < -0.39 is 10.9 Å². The maximum Gasteiger partial charge on any atom is 0.331 e. The SMILES string of the molecule is COc1cc(C=C(C(=O)O)C(C)C)ccc1[N+](=O)[O-]. The Kier molecular flexibility index (Phi) is 4.63. The lowest BCUT2D eigenvalue weighted by atomic mass is 10.0. The van der Waals surface area contributed by atoms with Gasteiger partial charge in [0, 0.05) is 11.6 Å². The zero-order chi connectivity index (χ0) is 14.6. The molecule has 0 fully saturated rings. The third-order valence-electron chi connectivity index (χ3n) is 2.59. The van der Waals surface area contributed by atoms with Crippen molar-refractivity contribution in [3.63, 3.8) is 0 Å². The number of ether oxygens (including phenoxy) is 1. The molecule has 1 N–H and O–H groups in total. The van der Waals surface area contributed by atoms with Crippen LogP contribution in [0.5, 0.6) is 5.75 Å². The van der Waals surface area contributed by atoms with Crippen LogP contribution in [0.1, 0.15) is 19.4 Å². The summed E-state index contributed by atoms with van der Waals surface area (Å²) in [5.74, 6) is -1.06. The van der Waals surface area contributed by atoms with Crippen LogP contribution in [0.15, 0.2) is 23.8 Å². The first-order valence-electron chi connectivity index (χ1n) is 5.64. The maximum absolute atomic E-state index is 11.1. The number of hydrogen-bond acceptors (Lipinski definition) is 4. The molecule has 0 saturated carbocycles. The number of benzene rings is 1. The predicted molar refractivity (Wildman–Crippen MR) is 70.1 cm³/mol. The van der Waals surface area contributed by atoms with Crippen molar-refractivity contribution >= 4 is 17.7 Å². The fourth-order valence-electron chi connectivity index (χ4n) is 1.59. The molecule has 0 heterocycles. The van der Waals surface area contributed by atoms with Gasteiger partial charge in [-0.25, -0.2) is 4.79 Å². The molecule has 6 heteroatoms. The Morgan fingerprint density at radius 1 is 1.47 bits per heavy atom. The summed E-state index contributed by atoms with van der Waals surface area (Å²) in [6, 6.07) is 4.24. The molecule has 0 aliphatic carbocycles. The van der Waals surface area contributed by atoms with Gasteiger partial charge in [0.2, 0.25) is 0 Å². The minimum Gasteiger partial charge on any atom is -0.490 e. The van der Waals surface area contributed by atoms with E-state index in [1.165, 1.54) is 31.4 Å². The third kappa shape index (κ3) is 3.54. The van der Waals surface area contributed by atoms with Crippen molar-refractivity contribution in [3.8, 4) is 5.75 Å². The number of carbonyl (C=O) groups is 1. The lowest BCUT2D eigenvalue weighted by molar-refractivity contribution is -0.385. The van der Waals surface area contributed by atoms with Crippen LogP contribution in [0.4, 0.5) is 5.69 Å². The maximum atomic E-state index is 11.1. The van der Waals surface area contributed by atoms with E-state index in [2.05, 4.69) is 0 Å². The lowest BCUT2D eigenvalue weighted by Crippen LogP contribution is -2.06. The van der Waals surface area contributed by atoms with Crippen molar-refractivity contribution in [2.24, 2.45) is 5.92 Å². The van der Waals surface area contributed by atoms with Crippen LogP contribution in [0.2, 0.25) is 0 Å². The quantitative estimate of drug-likeness (QED) is 0.502. The Balaban J connectivity index is 3.26. The van der Waals surface area contributed by atoms with Crippen molar-refractivity contribution in [1.82, 2.24) is 0 Å². The molecule has 102 valence electrons. The van der Waals surface area contributed by atoms with E-state index >= 15 is 0 Å². The first-order chi connectivity index (χ1) is 8.86. The van der Waals surface area contributed by atoms with Gasteiger partial charge in [0.1, 0.15) is 0 Å². The van der Waals surface area contributed by atoms with Gasteiger partial charge in [0.25, 0.3) is 0 Å². The summed E-state index contributed by atoms with van der Waals surface area (Å²) in [5, 5.41) is 19.8. The van der Waals surface area contributed by atoms with Crippen LogP contribution in [0, 0.1) is 16.0 Å². The molecule has 0 aromatic heterocycles. The Labute approximate surface area is 110 Å². The number of nitro benzene ring substituents is 1. The number of nitro groups is 1. The summed E-state index contributed by atoms with van der Waals surface area (Å²) in [7, 11) is 1.33. The first-order valence-corrected chi connectivity index (χ1v) is 5.64. The van der Waals surface area contributed by atoms with Gasteiger partial charge in [-0.2, -0.15) is 0 Å². The zero-order valence-corrected chi connectivity index (χ0v) is 10.9. The van der Waals surface area contributed by atoms with Crippen LogP contribution in [-0.2, 0) is 4.79 Å². The molecule has 0 bridgehead atoms. The molecule has 0 radical (unpaired) electrons. The van der Waals surface area contributed by atoms with Gasteiger partial charge in [-0.15, -0.1) is 0 Å². The van der Waals surface area contributed by atoms with E-state index in [9.17, 15) is 14.9 Å². The number of rotatable bonds is 5. The summed E-state index contributed by atoms with van der Waals surface area (Å²) >= 11 is 0. The fraction of sp³-hybridized carbons (Fsp3) is 0.308. The highest BCUT2D eigenvalue weighted by molar-refractivity contribution is 5.92. The molecule has 0 amide bonds. The smallest absolute Gasteiger partial charge is 0.331 e. The summed E-state index contributed by atoms with van der Waals surface area (Å²) in [4.78, 5) is 21.3. The third-order valence-corrected chi connectivity index (χ3v) is 2.59. The number of hydrogen-bond donors (Lipinski definition) is 1. The molecule has 0 aliphatic heterocycles. The molecule has 1 rings (SSSR count). The van der Waals surface area contributed by atoms with Crippen molar-refractivity contribution in [2.45, 2.75) is 13.8 Å². The molecule has 0 spiro atoms. The van der Waals surface area contributed by atoms with Crippen LogP contribution < -0.4 is 4.74 Å². The van der Waals surface area contributed by atoms with Crippen molar-refractivity contribution in [3.05, 3.63) is 39.4 Å². The average Bonchev–Trinajstić information content (AvgIpc) is 2.34. The summed E-state index contributed by atoms with van der Waals surface area (Å²) in [5.41, 5.74) is 0.630. The number of carboxylic acids is 1. The topological polar surface area (TPSA) is 89.7 Å². The van der Waals surface area contributed by atoms with E-state index in [1.807, 2.05) is 0 Å². The summed E-state index contributed by atoms with van der Waals surface area (Å²) in [6.07, 6.45) is 1.49.